The van der Waals surface area contributed by atoms with Crippen LogP contribution in [0.25, 0.3) is 0 Å². The van der Waals surface area contributed by atoms with Gasteiger partial charge in [0.05, 0.1) is 12.7 Å². The van der Waals surface area contributed by atoms with E-state index >= 15 is 0 Å². The summed E-state index contributed by atoms with van der Waals surface area (Å²) in [7, 11) is 1.34. The van der Waals surface area contributed by atoms with E-state index < -0.39 is 0 Å². The van der Waals surface area contributed by atoms with Gasteiger partial charge in [-0.3, -0.25) is 0 Å². The average molecular weight is 342 g/mol. The fourth-order valence-electron chi connectivity index (χ4n) is 2.18. The Labute approximate surface area is 147 Å². The van der Waals surface area contributed by atoms with Crippen molar-refractivity contribution < 1.29 is 19.1 Å². The Kier molecular flexibility index (Phi) is 6.39. The van der Waals surface area contributed by atoms with Crippen LogP contribution in [0.2, 0.25) is 0 Å². The largest absolute Gasteiger partial charge is 0.473 e. The van der Waals surface area contributed by atoms with Crippen molar-refractivity contribution in [2.24, 2.45) is 0 Å². The molecule has 6 nitrogen and oxygen atoms in total. The van der Waals surface area contributed by atoms with E-state index in [0.717, 1.165) is 22.4 Å². The molecule has 0 atom stereocenters. The number of methoxy groups -OCH3 is 1. The number of urea groups is 1. The maximum Gasteiger partial charge on any atom is 0.337 e. The third kappa shape index (κ3) is 5.24. The summed E-state index contributed by atoms with van der Waals surface area (Å²) in [5.74, 6) is 0.361. The second-order valence-electron chi connectivity index (χ2n) is 5.53. The molecule has 2 amide bonds. The number of hydrogen-bond acceptors (Lipinski definition) is 4. The summed E-state index contributed by atoms with van der Waals surface area (Å²) >= 11 is 0. The number of esters is 1. The minimum atomic E-state index is -0.388. The van der Waals surface area contributed by atoms with Crippen LogP contribution in [-0.4, -0.2) is 25.8 Å². The van der Waals surface area contributed by atoms with Crippen molar-refractivity contribution in [2.75, 3.05) is 13.8 Å². The number of aryl methyl sites for hydroxylation is 1. The van der Waals surface area contributed by atoms with E-state index in [9.17, 15) is 9.59 Å². The van der Waals surface area contributed by atoms with Gasteiger partial charge in [-0.1, -0.05) is 24.3 Å². The molecule has 0 saturated heterocycles. The maximum absolute atomic E-state index is 11.8. The summed E-state index contributed by atoms with van der Waals surface area (Å²) in [5.41, 5.74) is 3.53. The summed E-state index contributed by atoms with van der Waals surface area (Å²) in [6.07, 6.45) is 0. The van der Waals surface area contributed by atoms with E-state index in [-0.39, 0.29) is 18.7 Å². The van der Waals surface area contributed by atoms with Gasteiger partial charge in [0.1, 0.15) is 5.75 Å². The Balaban J connectivity index is 1.75. The fourth-order valence-corrected chi connectivity index (χ4v) is 2.18. The minimum absolute atomic E-state index is 0.0808. The summed E-state index contributed by atoms with van der Waals surface area (Å²) in [5, 5.41) is 5.37. The smallest absolute Gasteiger partial charge is 0.337 e. The monoisotopic (exact) mass is 342 g/mol. The number of amides is 2. The van der Waals surface area contributed by atoms with E-state index in [1.165, 1.54) is 7.11 Å². The highest BCUT2D eigenvalue weighted by Gasteiger charge is 2.06. The Bertz CT molecular complexity index is 742. The molecule has 25 heavy (non-hydrogen) atoms. The van der Waals surface area contributed by atoms with Crippen LogP contribution in [0.1, 0.15) is 27.0 Å². The van der Waals surface area contributed by atoms with Crippen molar-refractivity contribution in [3.05, 3.63) is 64.7 Å². The topological polar surface area (TPSA) is 76.7 Å². The molecule has 2 aromatic rings. The second kappa shape index (κ2) is 8.73. The van der Waals surface area contributed by atoms with Gasteiger partial charge in [-0.05, 0) is 48.7 Å². The molecule has 6 heteroatoms. The van der Waals surface area contributed by atoms with Gasteiger partial charge in [-0.25, -0.2) is 9.59 Å². The van der Waals surface area contributed by atoms with E-state index in [0.29, 0.717) is 12.1 Å². The molecular formula is C19H22N2O4. The first-order valence-corrected chi connectivity index (χ1v) is 7.89. The van der Waals surface area contributed by atoms with Gasteiger partial charge >= 0.3 is 12.0 Å². The lowest BCUT2D eigenvalue weighted by molar-refractivity contribution is 0.0600. The first-order chi connectivity index (χ1) is 12.0. The predicted molar refractivity (Wildman–Crippen MR) is 94.6 cm³/mol. The minimum Gasteiger partial charge on any atom is -0.473 e. The van der Waals surface area contributed by atoms with Crippen molar-refractivity contribution >= 4 is 12.0 Å². The average Bonchev–Trinajstić information content (AvgIpc) is 2.63. The third-order valence-electron chi connectivity index (χ3n) is 3.84. The van der Waals surface area contributed by atoms with Gasteiger partial charge < -0.3 is 20.1 Å². The Hall–Kier alpha value is -3.02. The van der Waals surface area contributed by atoms with Crippen LogP contribution in [0.4, 0.5) is 4.79 Å². The van der Waals surface area contributed by atoms with Crippen LogP contribution in [0, 0.1) is 13.8 Å². The van der Waals surface area contributed by atoms with Crippen molar-refractivity contribution in [2.45, 2.75) is 20.4 Å². The van der Waals surface area contributed by atoms with Gasteiger partial charge in [0.2, 0.25) is 0 Å². The molecule has 0 spiro atoms. The lowest BCUT2D eigenvalue weighted by Crippen LogP contribution is -2.37. The molecule has 132 valence electrons. The lowest BCUT2D eigenvalue weighted by Gasteiger charge is -2.12. The maximum atomic E-state index is 11.8. The molecule has 0 aromatic heterocycles. The zero-order valence-corrected chi connectivity index (χ0v) is 14.6. The number of hydrogen-bond donors (Lipinski definition) is 2. The first kappa shape index (κ1) is 18.3. The summed E-state index contributed by atoms with van der Waals surface area (Å²) < 4.78 is 10.2. The summed E-state index contributed by atoms with van der Waals surface area (Å²) in [6, 6.07) is 12.3. The quantitative estimate of drug-likeness (QED) is 0.625. The molecule has 2 aromatic carbocycles. The molecule has 0 aliphatic rings. The molecule has 0 fully saturated rings. The van der Waals surface area contributed by atoms with Crippen LogP contribution in [0.3, 0.4) is 0 Å². The molecule has 2 rings (SSSR count). The number of ether oxygens (including phenoxy) is 2. The highest BCUT2D eigenvalue weighted by Crippen LogP contribution is 2.19. The van der Waals surface area contributed by atoms with Gasteiger partial charge in [0.15, 0.2) is 6.73 Å². The van der Waals surface area contributed by atoms with E-state index in [1.54, 1.807) is 24.3 Å². The number of carbonyl (C=O) groups is 2. The van der Waals surface area contributed by atoms with Crippen LogP contribution in [0.15, 0.2) is 42.5 Å². The zero-order chi connectivity index (χ0) is 18.2. The first-order valence-electron chi connectivity index (χ1n) is 7.89. The lowest BCUT2D eigenvalue weighted by atomic mass is 10.1. The third-order valence-corrected chi connectivity index (χ3v) is 3.84. The van der Waals surface area contributed by atoms with Crippen molar-refractivity contribution in [1.82, 2.24) is 10.6 Å². The normalized spacial score (nSPS) is 10.0. The highest BCUT2D eigenvalue weighted by molar-refractivity contribution is 5.89. The molecule has 0 saturated carbocycles. The Morgan fingerprint density at radius 1 is 1.00 bits per heavy atom. The van der Waals surface area contributed by atoms with Crippen molar-refractivity contribution in [3.63, 3.8) is 0 Å². The van der Waals surface area contributed by atoms with Gasteiger partial charge in [0.25, 0.3) is 0 Å². The fraction of sp³-hybridized carbons (Fsp3) is 0.263. The highest BCUT2D eigenvalue weighted by atomic mass is 16.5. The Morgan fingerprint density at radius 2 is 1.72 bits per heavy atom. The van der Waals surface area contributed by atoms with Crippen LogP contribution < -0.4 is 15.4 Å². The second-order valence-corrected chi connectivity index (χ2v) is 5.53. The molecule has 0 aliphatic heterocycles. The summed E-state index contributed by atoms with van der Waals surface area (Å²) in [4.78, 5) is 23.2. The van der Waals surface area contributed by atoms with Gasteiger partial charge in [0, 0.05) is 6.54 Å². The molecule has 0 bridgehead atoms. The van der Waals surface area contributed by atoms with Crippen LogP contribution in [0.5, 0.6) is 5.75 Å². The van der Waals surface area contributed by atoms with Gasteiger partial charge in [-0.15, -0.1) is 0 Å². The SMILES string of the molecule is COC(=O)c1ccc(CNC(=O)NCOc2cccc(C)c2C)cc1. The zero-order valence-electron chi connectivity index (χ0n) is 14.6. The molecule has 2 N–H and O–H groups in total. The van der Waals surface area contributed by atoms with Crippen molar-refractivity contribution in [3.8, 4) is 5.75 Å². The van der Waals surface area contributed by atoms with Crippen molar-refractivity contribution in [1.29, 1.82) is 0 Å². The standard InChI is InChI=1S/C19H22N2O4/c1-13-5-4-6-17(14(13)2)25-12-21-19(23)20-11-15-7-9-16(10-8-15)18(22)24-3/h4-10H,11-12H2,1-3H3,(H2,20,21,23). The molecular weight excluding hydrogens is 320 g/mol. The molecule has 0 radical (unpaired) electrons. The van der Waals surface area contributed by atoms with Crippen LogP contribution in [-0.2, 0) is 11.3 Å². The Morgan fingerprint density at radius 3 is 2.40 bits per heavy atom. The van der Waals surface area contributed by atoms with E-state index in [2.05, 4.69) is 15.4 Å². The predicted octanol–water partition coefficient (Wildman–Crippen LogP) is 2.93. The van der Waals surface area contributed by atoms with Crippen LogP contribution >= 0.6 is 0 Å². The molecule has 0 unspecified atom stereocenters. The van der Waals surface area contributed by atoms with E-state index in [4.69, 9.17) is 4.74 Å². The van der Waals surface area contributed by atoms with E-state index in [1.807, 2.05) is 32.0 Å². The number of rotatable bonds is 6. The molecule has 0 aliphatic carbocycles. The number of nitrogens with one attached hydrogen (secondary N) is 2. The number of carbonyl (C=O) groups excluding carboxylic acids is 2. The summed E-state index contributed by atoms with van der Waals surface area (Å²) in [6.45, 7) is 4.41. The number of benzene rings is 2. The van der Waals surface area contributed by atoms with Gasteiger partial charge in [-0.2, -0.15) is 0 Å². The molecule has 0 heterocycles.